The molecule has 31 heavy (non-hydrogen) atoms. The number of piperidine rings is 1. The highest BCUT2D eigenvalue weighted by molar-refractivity contribution is 7.99. The lowest BCUT2D eigenvalue weighted by molar-refractivity contribution is -0.129. The fourth-order valence-corrected chi connectivity index (χ4v) is 4.67. The quantitative estimate of drug-likeness (QED) is 0.503. The maximum atomic E-state index is 14.5. The third kappa shape index (κ3) is 5.34. The van der Waals surface area contributed by atoms with Crippen LogP contribution in [0.25, 0.3) is 11.4 Å². The summed E-state index contributed by atoms with van der Waals surface area (Å²) in [7, 11) is 0. The molecule has 0 aliphatic carbocycles. The van der Waals surface area contributed by atoms with Crippen LogP contribution in [0.1, 0.15) is 25.3 Å². The van der Waals surface area contributed by atoms with Crippen molar-refractivity contribution in [3.63, 3.8) is 0 Å². The Labute approximate surface area is 186 Å². The molecule has 1 aliphatic rings. The number of benzene rings is 2. The Morgan fingerprint density at radius 1 is 1.06 bits per heavy atom. The standard InChI is InChI=1S/C24H27FN4OS/c1-18-11-14-28(15-12-18)22(30)17-31-24-27-26-23(20-9-5-6-10-21(20)25)29(24)16-13-19-7-3-2-4-8-19/h2-10,18H,11-17H2,1H3. The van der Waals surface area contributed by atoms with E-state index in [1.807, 2.05) is 27.7 Å². The Balaban J connectivity index is 1.52. The van der Waals surface area contributed by atoms with Crippen molar-refractivity contribution in [2.24, 2.45) is 5.92 Å². The molecule has 0 spiro atoms. The fourth-order valence-electron chi connectivity index (χ4n) is 3.80. The molecule has 0 unspecified atom stereocenters. The van der Waals surface area contributed by atoms with Gasteiger partial charge in [0.1, 0.15) is 5.82 Å². The monoisotopic (exact) mass is 438 g/mol. The Morgan fingerprint density at radius 3 is 2.52 bits per heavy atom. The van der Waals surface area contributed by atoms with Crippen molar-refractivity contribution in [2.45, 2.75) is 37.9 Å². The largest absolute Gasteiger partial charge is 0.342 e. The number of nitrogens with zero attached hydrogens (tertiary/aromatic N) is 4. The lowest BCUT2D eigenvalue weighted by Crippen LogP contribution is -2.38. The highest BCUT2D eigenvalue weighted by Crippen LogP contribution is 2.27. The van der Waals surface area contributed by atoms with Gasteiger partial charge in [-0.3, -0.25) is 4.79 Å². The van der Waals surface area contributed by atoms with E-state index >= 15 is 0 Å². The van der Waals surface area contributed by atoms with Crippen molar-refractivity contribution in [1.82, 2.24) is 19.7 Å². The van der Waals surface area contributed by atoms with Crippen molar-refractivity contribution < 1.29 is 9.18 Å². The van der Waals surface area contributed by atoms with E-state index in [-0.39, 0.29) is 11.7 Å². The molecule has 1 aliphatic heterocycles. The first-order valence-electron chi connectivity index (χ1n) is 10.7. The average Bonchev–Trinajstić information content (AvgIpc) is 3.20. The molecule has 7 heteroatoms. The minimum absolute atomic E-state index is 0.127. The Kier molecular flexibility index (Phi) is 7.02. The molecule has 1 aromatic heterocycles. The van der Waals surface area contributed by atoms with Gasteiger partial charge in [-0.1, -0.05) is 61.2 Å². The minimum atomic E-state index is -0.328. The number of carbonyl (C=O) groups is 1. The fraction of sp³-hybridized carbons (Fsp3) is 0.375. The summed E-state index contributed by atoms with van der Waals surface area (Å²) in [5.41, 5.74) is 1.61. The van der Waals surface area contributed by atoms with Crippen molar-refractivity contribution in [3.05, 3.63) is 66.0 Å². The molecular weight excluding hydrogens is 411 g/mol. The molecule has 4 rings (SSSR count). The molecule has 1 saturated heterocycles. The third-order valence-corrected chi connectivity index (χ3v) is 6.71. The molecule has 0 N–H and O–H groups in total. The summed E-state index contributed by atoms with van der Waals surface area (Å²) in [4.78, 5) is 14.6. The van der Waals surface area contributed by atoms with Crippen molar-refractivity contribution in [1.29, 1.82) is 0 Å². The molecule has 5 nitrogen and oxygen atoms in total. The Hall–Kier alpha value is -2.67. The van der Waals surface area contributed by atoms with Crippen molar-refractivity contribution in [2.75, 3.05) is 18.8 Å². The van der Waals surface area contributed by atoms with Gasteiger partial charge in [0, 0.05) is 19.6 Å². The van der Waals surface area contributed by atoms with Crippen LogP contribution >= 0.6 is 11.8 Å². The SMILES string of the molecule is CC1CCN(C(=O)CSc2nnc(-c3ccccc3F)n2CCc2ccccc2)CC1. The van der Waals surface area contributed by atoms with E-state index < -0.39 is 0 Å². The molecule has 3 aromatic rings. The summed E-state index contributed by atoms with van der Waals surface area (Å²) in [6.07, 6.45) is 2.88. The van der Waals surface area contributed by atoms with Gasteiger partial charge in [0.05, 0.1) is 11.3 Å². The first-order valence-corrected chi connectivity index (χ1v) is 11.7. The van der Waals surface area contributed by atoms with Gasteiger partial charge in [0.25, 0.3) is 0 Å². The van der Waals surface area contributed by atoms with Crippen LogP contribution in [0.15, 0.2) is 59.8 Å². The highest BCUT2D eigenvalue weighted by Gasteiger charge is 2.22. The zero-order chi connectivity index (χ0) is 21.6. The second kappa shape index (κ2) is 10.1. The number of amides is 1. The van der Waals surface area contributed by atoms with Gasteiger partial charge < -0.3 is 9.47 Å². The summed E-state index contributed by atoms with van der Waals surface area (Å²) in [6.45, 7) is 4.48. The van der Waals surface area contributed by atoms with E-state index in [4.69, 9.17) is 0 Å². The van der Waals surface area contributed by atoms with Gasteiger partial charge in [-0.05, 0) is 42.9 Å². The number of carbonyl (C=O) groups excluding carboxylic acids is 1. The Morgan fingerprint density at radius 2 is 1.77 bits per heavy atom. The zero-order valence-electron chi connectivity index (χ0n) is 17.7. The van der Waals surface area contributed by atoms with Crippen LogP contribution in [-0.4, -0.2) is 44.4 Å². The van der Waals surface area contributed by atoms with E-state index in [0.717, 1.165) is 32.4 Å². The zero-order valence-corrected chi connectivity index (χ0v) is 18.5. The summed E-state index contributed by atoms with van der Waals surface area (Å²) in [5.74, 6) is 1.29. The number of aromatic nitrogens is 3. The third-order valence-electron chi connectivity index (χ3n) is 5.76. The van der Waals surface area contributed by atoms with Gasteiger partial charge in [-0.15, -0.1) is 10.2 Å². The normalized spacial score (nSPS) is 14.7. The number of rotatable bonds is 7. The number of aryl methyl sites for hydroxylation is 1. The van der Waals surface area contributed by atoms with Crippen LogP contribution in [0.5, 0.6) is 0 Å². The maximum Gasteiger partial charge on any atom is 0.233 e. The maximum absolute atomic E-state index is 14.5. The van der Waals surface area contributed by atoms with Crippen LogP contribution in [0.3, 0.4) is 0 Å². The smallest absolute Gasteiger partial charge is 0.233 e. The average molecular weight is 439 g/mol. The lowest BCUT2D eigenvalue weighted by atomic mass is 9.99. The first kappa shape index (κ1) is 21.6. The molecule has 0 atom stereocenters. The predicted octanol–water partition coefficient (Wildman–Crippen LogP) is 4.68. The molecule has 2 aromatic carbocycles. The van der Waals surface area contributed by atoms with E-state index in [1.54, 1.807) is 18.2 Å². The van der Waals surface area contributed by atoms with Gasteiger partial charge in [0.2, 0.25) is 5.91 Å². The van der Waals surface area contributed by atoms with Crippen LogP contribution in [-0.2, 0) is 17.8 Å². The van der Waals surface area contributed by atoms with Gasteiger partial charge in [0.15, 0.2) is 11.0 Å². The topological polar surface area (TPSA) is 51.0 Å². The van der Waals surface area contributed by atoms with Crippen molar-refractivity contribution >= 4 is 17.7 Å². The summed E-state index contributed by atoms with van der Waals surface area (Å²) in [6, 6.07) is 16.7. The first-order chi connectivity index (χ1) is 15.1. The van der Waals surface area contributed by atoms with Gasteiger partial charge in [-0.2, -0.15) is 0 Å². The Bertz CT molecular complexity index is 1020. The predicted molar refractivity (Wildman–Crippen MR) is 121 cm³/mol. The molecular formula is C24H27FN4OS. The minimum Gasteiger partial charge on any atom is -0.342 e. The number of hydrogen-bond donors (Lipinski definition) is 0. The summed E-state index contributed by atoms with van der Waals surface area (Å²) >= 11 is 1.38. The molecule has 0 bridgehead atoms. The van der Waals surface area contributed by atoms with Gasteiger partial charge in [-0.25, -0.2) is 4.39 Å². The second-order valence-corrected chi connectivity index (χ2v) is 8.97. The highest BCUT2D eigenvalue weighted by atomic mass is 32.2. The van der Waals surface area contributed by atoms with Crippen LogP contribution < -0.4 is 0 Å². The molecule has 162 valence electrons. The lowest BCUT2D eigenvalue weighted by Gasteiger charge is -2.30. The molecule has 1 amide bonds. The van der Waals surface area contributed by atoms with Crippen molar-refractivity contribution in [3.8, 4) is 11.4 Å². The van der Waals surface area contributed by atoms with Gasteiger partial charge >= 0.3 is 0 Å². The molecule has 0 radical (unpaired) electrons. The number of likely N-dealkylation sites (tertiary alicyclic amines) is 1. The number of halogens is 1. The van der Waals surface area contributed by atoms with E-state index in [0.29, 0.717) is 34.8 Å². The van der Waals surface area contributed by atoms with Crippen LogP contribution in [0.2, 0.25) is 0 Å². The summed E-state index contributed by atoms with van der Waals surface area (Å²) in [5, 5.41) is 9.25. The summed E-state index contributed by atoms with van der Waals surface area (Å²) < 4.78 is 16.4. The van der Waals surface area contributed by atoms with E-state index in [2.05, 4.69) is 29.3 Å². The molecule has 1 fully saturated rings. The van der Waals surface area contributed by atoms with E-state index in [9.17, 15) is 9.18 Å². The van der Waals surface area contributed by atoms with Crippen LogP contribution in [0.4, 0.5) is 4.39 Å². The molecule has 2 heterocycles. The molecule has 0 saturated carbocycles. The van der Waals surface area contributed by atoms with Crippen LogP contribution in [0, 0.1) is 11.7 Å². The second-order valence-electron chi connectivity index (χ2n) is 8.03. The number of hydrogen-bond acceptors (Lipinski definition) is 4. The van der Waals surface area contributed by atoms with E-state index in [1.165, 1.54) is 23.4 Å². The number of thioether (sulfide) groups is 1.